The number of benzene rings is 1. The Kier molecular flexibility index (Phi) is 6.35. The topological polar surface area (TPSA) is 104 Å². The highest BCUT2D eigenvalue weighted by atomic mass is 16.5. The van der Waals surface area contributed by atoms with Crippen molar-refractivity contribution in [3.05, 3.63) is 54.0 Å². The largest absolute Gasteiger partial charge is 0.378 e. The quantitative estimate of drug-likeness (QED) is 0.419. The number of hydrogen-bond acceptors (Lipinski definition) is 7. The number of carbonyl (C=O) groups is 1. The molecule has 6 rings (SSSR count). The molecule has 192 valence electrons. The zero-order valence-corrected chi connectivity index (χ0v) is 21.3. The van der Waals surface area contributed by atoms with Crippen molar-refractivity contribution in [2.75, 3.05) is 44.3 Å². The van der Waals surface area contributed by atoms with Crippen LogP contribution in [0.5, 0.6) is 0 Å². The van der Waals surface area contributed by atoms with Crippen molar-refractivity contribution in [2.45, 2.75) is 32.9 Å². The van der Waals surface area contributed by atoms with Crippen LogP contribution in [0.1, 0.15) is 24.7 Å². The summed E-state index contributed by atoms with van der Waals surface area (Å²) in [7, 11) is 0. The summed E-state index contributed by atoms with van der Waals surface area (Å²) in [5.41, 5.74) is 5.87. The molecule has 0 bridgehead atoms. The molecule has 2 saturated heterocycles. The molecule has 1 aromatic carbocycles. The summed E-state index contributed by atoms with van der Waals surface area (Å²) in [4.78, 5) is 29.4. The number of morpholine rings is 1. The van der Waals surface area contributed by atoms with Gasteiger partial charge in [-0.3, -0.25) is 9.69 Å². The number of aromatic amines is 1. The number of hydrogen-bond donors (Lipinski definition) is 2. The highest BCUT2D eigenvalue weighted by Crippen LogP contribution is 2.29. The number of aromatic nitrogens is 5. The maximum absolute atomic E-state index is 11.4. The van der Waals surface area contributed by atoms with E-state index >= 15 is 0 Å². The Hall–Kier alpha value is -3.76. The van der Waals surface area contributed by atoms with Gasteiger partial charge in [-0.1, -0.05) is 23.8 Å². The number of pyridine rings is 1. The zero-order valence-electron chi connectivity index (χ0n) is 21.3. The number of amides is 1. The lowest BCUT2D eigenvalue weighted by Crippen LogP contribution is -2.36. The average molecular weight is 501 g/mol. The molecule has 0 spiro atoms. The maximum Gasteiger partial charge on any atom is 0.217 e. The molecule has 0 aliphatic carbocycles. The number of carbonyl (C=O) groups excluding carboxylic acids is 1. The second-order valence-corrected chi connectivity index (χ2v) is 9.92. The van der Waals surface area contributed by atoms with Crippen molar-refractivity contribution in [3.8, 4) is 17.1 Å². The van der Waals surface area contributed by atoms with Gasteiger partial charge in [-0.25, -0.2) is 14.6 Å². The molecule has 2 N–H and O–H groups in total. The molecule has 37 heavy (non-hydrogen) atoms. The third-order valence-corrected chi connectivity index (χ3v) is 7.02. The number of imidazole rings is 1. The third-order valence-electron chi connectivity index (χ3n) is 7.02. The Morgan fingerprint density at radius 3 is 2.84 bits per heavy atom. The minimum atomic E-state index is 0.0200. The minimum Gasteiger partial charge on any atom is -0.378 e. The van der Waals surface area contributed by atoms with Crippen LogP contribution >= 0.6 is 0 Å². The van der Waals surface area contributed by atoms with Gasteiger partial charge in [0, 0.05) is 57.0 Å². The van der Waals surface area contributed by atoms with Crippen LogP contribution in [0.25, 0.3) is 28.2 Å². The normalized spacial score (nSPS) is 18.5. The fraction of sp³-hybridized carbons (Fsp3) is 0.407. The van der Waals surface area contributed by atoms with Crippen molar-refractivity contribution in [3.63, 3.8) is 0 Å². The summed E-state index contributed by atoms with van der Waals surface area (Å²) in [5.74, 6) is 1.63. The summed E-state index contributed by atoms with van der Waals surface area (Å²) in [5, 5.41) is 7.86. The summed E-state index contributed by atoms with van der Waals surface area (Å²) < 4.78 is 7.43. The first-order valence-corrected chi connectivity index (χ1v) is 12.9. The van der Waals surface area contributed by atoms with E-state index in [1.807, 2.05) is 16.9 Å². The smallest absolute Gasteiger partial charge is 0.217 e. The van der Waals surface area contributed by atoms with Crippen molar-refractivity contribution >= 4 is 22.8 Å². The number of fused-ring (bicyclic) bond motifs is 1. The van der Waals surface area contributed by atoms with Gasteiger partial charge in [0.2, 0.25) is 5.91 Å². The highest BCUT2D eigenvalue weighted by molar-refractivity contribution is 5.87. The minimum absolute atomic E-state index is 0.0200. The lowest BCUT2D eigenvalue weighted by molar-refractivity contribution is -0.119. The van der Waals surface area contributed by atoms with Gasteiger partial charge in [-0.15, -0.1) is 0 Å². The fourth-order valence-corrected chi connectivity index (χ4v) is 5.26. The van der Waals surface area contributed by atoms with Crippen molar-refractivity contribution in [1.29, 1.82) is 0 Å². The van der Waals surface area contributed by atoms with Crippen LogP contribution in [-0.2, 0) is 16.1 Å². The Labute approximate surface area is 215 Å². The molecule has 0 saturated carbocycles. The monoisotopic (exact) mass is 500 g/mol. The predicted octanol–water partition coefficient (Wildman–Crippen LogP) is 2.67. The SMILES string of the molecule is CC(=O)N[C@@H]1CCN(Cc2nc3nc(-n4ccc(-c5cccc(C)c5)n4)cc(N4CCOCC4)c3[nH]2)C1. The molecule has 0 unspecified atom stereocenters. The second-order valence-electron chi connectivity index (χ2n) is 9.92. The number of H-pyrrole nitrogens is 1. The molecule has 4 aromatic rings. The molecule has 0 radical (unpaired) electrons. The highest BCUT2D eigenvalue weighted by Gasteiger charge is 2.25. The molecule has 1 amide bonds. The van der Waals surface area contributed by atoms with E-state index in [9.17, 15) is 4.79 Å². The van der Waals surface area contributed by atoms with Crippen LogP contribution in [0.2, 0.25) is 0 Å². The summed E-state index contributed by atoms with van der Waals surface area (Å²) in [6.45, 7) is 9.09. The van der Waals surface area contributed by atoms with Crippen LogP contribution < -0.4 is 10.2 Å². The average Bonchev–Trinajstić information content (AvgIpc) is 3.63. The van der Waals surface area contributed by atoms with Gasteiger partial charge in [-0.05, 0) is 25.5 Å². The molecule has 10 nitrogen and oxygen atoms in total. The fourth-order valence-electron chi connectivity index (χ4n) is 5.26. The van der Waals surface area contributed by atoms with Crippen LogP contribution in [0.4, 0.5) is 5.69 Å². The first-order chi connectivity index (χ1) is 18.0. The maximum atomic E-state index is 11.4. The van der Waals surface area contributed by atoms with E-state index in [-0.39, 0.29) is 11.9 Å². The van der Waals surface area contributed by atoms with Crippen LogP contribution in [-0.4, -0.2) is 81.0 Å². The van der Waals surface area contributed by atoms with E-state index < -0.39 is 0 Å². The number of aryl methyl sites for hydroxylation is 1. The van der Waals surface area contributed by atoms with Gasteiger partial charge in [-0.2, -0.15) is 5.10 Å². The molecule has 3 aromatic heterocycles. The Bertz CT molecular complexity index is 1420. The number of ether oxygens (including phenoxy) is 1. The predicted molar refractivity (Wildman–Crippen MR) is 142 cm³/mol. The van der Waals surface area contributed by atoms with E-state index in [2.05, 4.69) is 57.4 Å². The zero-order chi connectivity index (χ0) is 25.4. The van der Waals surface area contributed by atoms with Crippen LogP contribution in [0, 0.1) is 6.92 Å². The van der Waals surface area contributed by atoms with E-state index in [0.717, 1.165) is 66.7 Å². The van der Waals surface area contributed by atoms with Crippen molar-refractivity contribution < 1.29 is 9.53 Å². The van der Waals surface area contributed by atoms with Crippen LogP contribution in [0.3, 0.4) is 0 Å². The molecule has 5 heterocycles. The number of nitrogens with zero attached hydrogens (tertiary/aromatic N) is 6. The Morgan fingerprint density at radius 1 is 1.16 bits per heavy atom. The molecule has 2 fully saturated rings. The number of anilines is 1. The molecule has 1 atom stereocenters. The standard InChI is InChI=1S/C27H32N8O2/c1-18-4-3-5-20(14-18)22-7-9-35(32-22)25-15-23(34-10-12-37-13-11-34)26-27(31-25)30-24(29-26)17-33-8-6-21(16-33)28-19(2)36/h3-5,7,9,14-15,21H,6,8,10-13,16-17H2,1-2H3,(H,28,36)(H,29,30,31)/t21-/m1/s1. The number of rotatable bonds is 6. The number of likely N-dealkylation sites (tertiary alicyclic amines) is 1. The van der Waals surface area contributed by atoms with Gasteiger partial charge >= 0.3 is 0 Å². The Balaban J connectivity index is 1.32. The lowest BCUT2D eigenvalue weighted by Gasteiger charge is -2.29. The van der Waals surface area contributed by atoms with Crippen LogP contribution in [0.15, 0.2) is 42.6 Å². The van der Waals surface area contributed by atoms with Gasteiger partial charge in [0.15, 0.2) is 11.5 Å². The third kappa shape index (κ3) is 5.07. The summed E-state index contributed by atoms with van der Waals surface area (Å²) in [6, 6.07) is 12.6. The van der Waals surface area contributed by atoms with E-state index in [4.69, 9.17) is 19.8 Å². The van der Waals surface area contributed by atoms with E-state index in [0.29, 0.717) is 25.4 Å². The molecule has 10 heteroatoms. The molecular weight excluding hydrogens is 468 g/mol. The van der Waals surface area contributed by atoms with Gasteiger partial charge < -0.3 is 19.9 Å². The lowest BCUT2D eigenvalue weighted by atomic mass is 10.1. The number of nitrogens with one attached hydrogen (secondary N) is 2. The second kappa shape index (κ2) is 9.95. The van der Waals surface area contributed by atoms with E-state index in [1.165, 1.54) is 5.56 Å². The van der Waals surface area contributed by atoms with Crippen molar-refractivity contribution in [1.82, 2.24) is 34.9 Å². The Morgan fingerprint density at radius 2 is 2.03 bits per heavy atom. The molecule has 2 aliphatic heterocycles. The summed E-state index contributed by atoms with van der Waals surface area (Å²) >= 11 is 0. The van der Waals surface area contributed by atoms with Gasteiger partial charge in [0.25, 0.3) is 0 Å². The molecule has 2 aliphatic rings. The first-order valence-electron chi connectivity index (χ1n) is 12.9. The van der Waals surface area contributed by atoms with E-state index in [1.54, 1.807) is 6.92 Å². The molecular formula is C27H32N8O2. The summed E-state index contributed by atoms with van der Waals surface area (Å²) in [6.07, 6.45) is 2.90. The van der Waals surface area contributed by atoms with Gasteiger partial charge in [0.05, 0.1) is 31.1 Å². The van der Waals surface area contributed by atoms with Crippen molar-refractivity contribution in [2.24, 2.45) is 0 Å². The van der Waals surface area contributed by atoms with Gasteiger partial charge in [0.1, 0.15) is 11.3 Å². The first kappa shape index (κ1) is 23.6.